The molecule has 0 aliphatic carbocycles. The SMILES string of the molecule is CC(C)(NC(=O)[C@H](CCCNC(N)=O)NC(=O)[C@@H](N)CS)C(=O)N[C@@H](Cc1ccc(O)cc1)C(=O)N[C@@H](Cc1ccccc1)C(=O)N1CCC[C@H]1C(=O)O. The first kappa shape index (κ1) is 43.0. The van der Waals surface area contributed by atoms with Gasteiger partial charge in [-0.3, -0.25) is 24.0 Å². The van der Waals surface area contributed by atoms with Gasteiger partial charge in [-0.1, -0.05) is 42.5 Å². The highest BCUT2D eigenvalue weighted by atomic mass is 32.1. The lowest BCUT2D eigenvalue weighted by molar-refractivity contribution is -0.149. The van der Waals surface area contributed by atoms with Crippen LogP contribution in [-0.2, 0) is 41.6 Å². The van der Waals surface area contributed by atoms with Crippen LogP contribution >= 0.6 is 12.6 Å². The predicted octanol–water partition coefficient (Wildman–Crippen LogP) is -0.692. The number of carbonyl (C=O) groups is 7. The van der Waals surface area contributed by atoms with E-state index in [0.29, 0.717) is 17.5 Å². The molecule has 54 heavy (non-hydrogen) atoms. The molecule has 1 heterocycles. The molecule has 3 rings (SSSR count). The highest BCUT2D eigenvalue weighted by Gasteiger charge is 2.40. The molecule has 0 radical (unpaired) electrons. The van der Waals surface area contributed by atoms with Gasteiger partial charge in [0.15, 0.2) is 0 Å². The molecule has 0 unspecified atom stereocenters. The fourth-order valence-electron chi connectivity index (χ4n) is 5.83. The van der Waals surface area contributed by atoms with E-state index >= 15 is 0 Å². The van der Waals surface area contributed by atoms with Crippen LogP contribution in [0.3, 0.4) is 0 Å². The third-order valence-electron chi connectivity index (χ3n) is 8.85. The summed E-state index contributed by atoms with van der Waals surface area (Å²) in [7, 11) is 0. The second-order valence-electron chi connectivity index (χ2n) is 13.6. The lowest BCUT2D eigenvalue weighted by atomic mass is 9.98. The molecule has 0 aromatic heterocycles. The van der Waals surface area contributed by atoms with E-state index in [0.717, 1.165) is 0 Å². The van der Waals surface area contributed by atoms with Crippen molar-refractivity contribution in [3.8, 4) is 5.75 Å². The number of hydrogen-bond acceptors (Lipinski definition) is 10. The Morgan fingerprint density at radius 2 is 1.48 bits per heavy atom. The number of hydrogen-bond donors (Lipinski definition) is 10. The van der Waals surface area contributed by atoms with Crippen molar-refractivity contribution < 1.29 is 43.8 Å². The average Bonchev–Trinajstić information content (AvgIpc) is 3.63. The smallest absolute Gasteiger partial charge is 0.326 e. The number of nitrogens with two attached hydrogens (primary N) is 2. The molecule has 0 bridgehead atoms. The molecule has 1 saturated heterocycles. The lowest BCUT2D eigenvalue weighted by Gasteiger charge is -2.31. The number of aliphatic carboxylic acids is 1. The molecule has 0 spiro atoms. The number of primary amides is 1. The molecule has 1 aliphatic heterocycles. The Morgan fingerprint density at radius 3 is 2.09 bits per heavy atom. The van der Waals surface area contributed by atoms with E-state index in [2.05, 4.69) is 39.2 Å². The Bertz CT molecular complexity index is 1640. The van der Waals surface area contributed by atoms with Crippen molar-refractivity contribution in [3.05, 3.63) is 65.7 Å². The summed E-state index contributed by atoms with van der Waals surface area (Å²) in [4.78, 5) is 92.2. The largest absolute Gasteiger partial charge is 0.508 e. The number of nitrogens with one attached hydrogen (secondary N) is 5. The van der Waals surface area contributed by atoms with Crippen LogP contribution in [0.2, 0.25) is 0 Å². The van der Waals surface area contributed by atoms with Crippen LogP contribution in [-0.4, -0.2) is 111 Å². The molecule has 2 aromatic carbocycles. The van der Waals surface area contributed by atoms with Gasteiger partial charge in [0.1, 0.15) is 35.5 Å². The molecule has 2 aromatic rings. The number of urea groups is 1. The van der Waals surface area contributed by atoms with Gasteiger partial charge >= 0.3 is 12.0 Å². The number of benzene rings is 2. The van der Waals surface area contributed by atoms with Crippen molar-refractivity contribution in [1.82, 2.24) is 31.5 Å². The maximum absolute atomic E-state index is 14.1. The first-order valence-electron chi connectivity index (χ1n) is 17.5. The van der Waals surface area contributed by atoms with Crippen LogP contribution < -0.4 is 38.1 Å². The number of amides is 7. The fourth-order valence-corrected chi connectivity index (χ4v) is 5.99. The number of likely N-dealkylation sites (tertiary alicyclic amines) is 1. The summed E-state index contributed by atoms with van der Waals surface area (Å²) in [5.74, 6) is -4.73. The molecule has 5 atom stereocenters. The highest BCUT2D eigenvalue weighted by Crippen LogP contribution is 2.20. The zero-order valence-electron chi connectivity index (χ0n) is 30.2. The number of thiol groups is 1. The van der Waals surface area contributed by atoms with E-state index in [4.69, 9.17) is 11.5 Å². The molecule has 294 valence electrons. The molecule has 0 saturated carbocycles. The molecule has 11 N–H and O–H groups in total. The monoisotopic (exact) mass is 770 g/mol. The van der Waals surface area contributed by atoms with Crippen molar-refractivity contribution in [2.24, 2.45) is 11.5 Å². The first-order chi connectivity index (χ1) is 25.5. The summed E-state index contributed by atoms with van der Waals surface area (Å²) in [6.07, 6.45) is 0.956. The van der Waals surface area contributed by atoms with Gasteiger partial charge in [0.25, 0.3) is 0 Å². The summed E-state index contributed by atoms with van der Waals surface area (Å²) in [6.45, 7) is 3.09. The minimum Gasteiger partial charge on any atom is -0.508 e. The summed E-state index contributed by atoms with van der Waals surface area (Å²) in [5.41, 5.74) is 10.5. The van der Waals surface area contributed by atoms with Gasteiger partial charge in [-0.15, -0.1) is 0 Å². The standard InChI is InChI=1S/C36H50N8O9S/c1-36(2,43-31(48)25(10-6-16-39-35(38)53)40-29(46)24(37)20-54)34(52)42-26(18-22-12-14-23(45)15-13-22)30(47)41-27(19-21-8-4-3-5-9-21)32(49)44-17-7-11-28(44)33(50)51/h3-5,8-9,12-15,24-28,45,54H,6-7,10-11,16-20,37H2,1-2H3,(H,40,46)(H,41,47)(H,42,52)(H,43,48)(H,50,51)(H3,38,39,53)/t24-,25-,26-,27-,28-/m0/s1. The third kappa shape index (κ3) is 12.9. The minimum absolute atomic E-state index is 0.00222. The van der Waals surface area contributed by atoms with Gasteiger partial charge < -0.3 is 53.2 Å². The summed E-state index contributed by atoms with van der Waals surface area (Å²) in [6, 6.07) is 8.25. The maximum Gasteiger partial charge on any atom is 0.326 e. The number of nitrogens with zero attached hydrogens (tertiary/aromatic N) is 1. The number of carbonyl (C=O) groups excluding carboxylic acids is 6. The second kappa shape index (κ2) is 20.2. The average molecular weight is 771 g/mol. The predicted molar refractivity (Wildman–Crippen MR) is 201 cm³/mol. The fraction of sp³-hybridized carbons (Fsp3) is 0.472. The van der Waals surface area contributed by atoms with Crippen LogP contribution in [0, 0.1) is 0 Å². The van der Waals surface area contributed by atoms with E-state index < -0.39 is 77.3 Å². The van der Waals surface area contributed by atoms with E-state index in [9.17, 15) is 43.8 Å². The zero-order valence-corrected chi connectivity index (χ0v) is 31.1. The molecular formula is C36H50N8O9S. The quantitative estimate of drug-likeness (QED) is 0.0634. The second-order valence-corrected chi connectivity index (χ2v) is 13.9. The van der Waals surface area contributed by atoms with E-state index in [1.54, 1.807) is 42.5 Å². The van der Waals surface area contributed by atoms with Gasteiger partial charge in [-0.2, -0.15) is 12.6 Å². The molecule has 1 fully saturated rings. The van der Waals surface area contributed by atoms with Gasteiger partial charge in [0.2, 0.25) is 29.5 Å². The molecule has 17 nitrogen and oxygen atoms in total. The van der Waals surface area contributed by atoms with Gasteiger partial charge in [-0.25, -0.2) is 9.59 Å². The Morgan fingerprint density at radius 1 is 0.870 bits per heavy atom. The van der Waals surface area contributed by atoms with E-state index in [1.807, 2.05) is 0 Å². The van der Waals surface area contributed by atoms with E-state index in [1.165, 1.54) is 30.9 Å². The van der Waals surface area contributed by atoms with Crippen LogP contribution in [0.1, 0.15) is 50.7 Å². The molecule has 1 aliphatic rings. The van der Waals surface area contributed by atoms with Crippen molar-refractivity contribution in [2.45, 2.75) is 88.1 Å². The van der Waals surface area contributed by atoms with Crippen LogP contribution in [0.5, 0.6) is 5.75 Å². The van der Waals surface area contributed by atoms with E-state index in [-0.39, 0.29) is 56.7 Å². The Labute approximate surface area is 318 Å². The van der Waals surface area contributed by atoms with Gasteiger partial charge in [0.05, 0.1) is 6.04 Å². The maximum atomic E-state index is 14.1. The first-order valence-corrected chi connectivity index (χ1v) is 18.1. The highest BCUT2D eigenvalue weighted by molar-refractivity contribution is 7.80. The Hall–Kier alpha value is -5.36. The van der Waals surface area contributed by atoms with Crippen molar-refractivity contribution >= 4 is 54.2 Å². The number of aromatic hydroxyl groups is 1. The number of carboxylic acid groups (broad SMARTS) is 1. The van der Waals surface area contributed by atoms with Crippen molar-refractivity contribution in [1.29, 1.82) is 0 Å². The van der Waals surface area contributed by atoms with Crippen LogP contribution in [0.15, 0.2) is 54.6 Å². The zero-order chi connectivity index (χ0) is 40.0. The number of rotatable bonds is 19. The molecule has 7 amide bonds. The van der Waals surface area contributed by atoms with Gasteiger partial charge in [0, 0.05) is 31.7 Å². The molecule has 18 heteroatoms. The van der Waals surface area contributed by atoms with Crippen LogP contribution in [0.25, 0.3) is 0 Å². The van der Waals surface area contributed by atoms with Crippen molar-refractivity contribution in [2.75, 3.05) is 18.8 Å². The summed E-state index contributed by atoms with van der Waals surface area (Å²) < 4.78 is 0. The number of phenols is 1. The third-order valence-corrected chi connectivity index (χ3v) is 9.25. The number of carboxylic acids is 1. The number of phenolic OH excluding ortho intramolecular Hbond substituents is 1. The molecular weight excluding hydrogens is 721 g/mol. The normalized spacial score (nSPS) is 16.2. The minimum atomic E-state index is -1.67. The van der Waals surface area contributed by atoms with Crippen molar-refractivity contribution in [3.63, 3.8) is 0 Å². The summed E-state index contributed by atoms with van der Waals surface area (Å²) in [5, 5.41) is 32.5. The van der Waals surface area contributed by atoms with Gasteiger partial charge in [-0.05, 0) is 62.8 Å². The van der Waals surface area contributed by atoms with Crippen LogP contribution in [0.4, 0.5) is 4.79 Å². The topological polar surface area (TPSA) is 275 Å². The lowest BCUT2D eigenvalue weighted by Crippen LogP contribution is -2.63. The summed E-state index contributed by atoms with van der Waals surface area (Å²) >= 11 is 4.02. The Balaban J connectivity index is 1.86. The Kier molecular flexibility index (Phi) is 16.1.